The smallest absolute Gasteiger partial charge is 0.340 e. The van der Waals surface area contributed by atoms with Gasteiger partial charge in [-0.2, -0.15) is 0 Å². The number of ether oxygens (including phenoxy) is 1. The number of hydrogen-bond acceptors (Lipinski definition) is 5. The zero-order valence-corrected chi connectivity index (χ0v) is 12.2. The number of anilines is 2. The highest BCUT2D eigenvalue weighted by Gasteiger charge is 2.18. The first-order chi connectivity index (χ1) is 9.60. The molecule has 1 heterocycles. The standard InChI is InChI=1S/C15H23N3O2/c1-3-20-15(19)13-9-11(6-7-14(13)16)17-12-5-4-8-18(2)10-12/h6-7,9,12,17H,3-5,8,10,16H2,1-2H3. The van der Waals surface area contributed by atoms with E-state index in [2.05, 4.69) is 17.3 Å². The molecular weight excluding hydrogens is 254 g/mol. The first-order valence-corrected chi connectivity index (χ1v) is 7.12. The number of esters is 1. The third-order valence-electron chi connectivity index (χ3n) is 3.54. The molecule has 5 nitrogen and oxygen atoms in total. The normalized spacial score (nSPS) is 19.6. The Hall–Kier alpha value is -1.75. The number of nitrogens with zero attached hydrogens (tertiary/aromatic N) is 1. The molecule has 1 aromatic carbocycles. The number of carbonyl (C=O) groups excluding carboxylic acids is 1. The summed E-state index contributed by atoms with van der Waals surface area (Å²) in [5, 5.41) is 3.47. The van der Waals surface area contributed by atoms with E-state index in [4.69, 9.17) is 10.5 Å². The molecule has 20 heavy (non-hydrogen) atoms. The largest absolute Gasteiger partial charge is 0.462 e. The van der Waals surface area contributed by atoms with E-state index in [1.165, 1.54) is 6.42 Å². The van der Waals surface area contributed by atoms with Crippen LogP contribution >= 0.6 is 0 Å². The lowest BCUT2D eigenvalue weighted by Crippen LogP contribution is -2.39. The third-order valence-corrected chi connectivity index (χ3v) is 3.54. The van der Waals surface area contributed by atoms with E-state index >= 15 is 0 Å². The molecule has 2 rings (SSSR count). The number of nitrogens with one attached hydrogen (secondary N) is 1. The molecule has 1 saturated heterocycles. The molecule has 0 aromatic heterocycles. The van der Waals surface area contributed by atoms with E-state index in [0.29, 0.717) is 23.9 Å². The van der Waals surface area contributed by atoms with Gasteiger partial charge in [0.1, 0.15) is 0 Å². The van der Waals surface area contributed by atoms with Gasteiger partial charge in [-0.25, -0.2) is 4.79 Å². The number of nitrogens with two attached hydrogens (primary N) is 1. The fourth-order valence-electron chi connectivity index (χ4n) is 2.55. The van der Waals surface area contributed by atoms with Gasteiger partial charge in [-0.05, 0) is 51.6 Å². The van der Waals surface area contributed by atoms with Gasteiger partial charge in [0.2, 0.25) is 0 Å². The Morgan fingerprint density at radius 3 is 3.05 bits per heavy atom. The molecule has 0 aliphatic carbocycles. The first-order valence-electron chi connectivity index (χ1n) is 7.12. The number of likely N-dealkylation sites (N-methyl/N-ethyl adjacent to an activating group) is 1. The minimum absolute atomic E-state index is 0.351. The number of hydrogen-bond donors (Lipinski definition) is 2. The van der Waals surface area contributed by atoms with Crippen molar-refractivity contribution in [3.8, 4) is 0 Å². The Balaban J connectivity index is 2.08. The predicted molar refractivity (Wildman–Crippen MR) is 81.0 cm³/mol. The lowest BCUT2D eigenvalue weighted by Gasteiger charge is -2.31. The lowest BCUT2D eigenvalue weighted by atomic mass is 10.1. The SMILES string of the molecule is CCOC(=O)c1cc(NC2CCCN(C)C2)ccc1N. The van der Waals surface area contributed by atoms with Crippen molar-refractivity contribution in [1.29, 1.82) is 0 Å². The summed E-state index contributed by atoms with van der Waals surface area (Å²) < 4.78 is 5.02. The molecule has 1 unspecified atom stereocenters. The Bertz CT molecular complexity index is 476. The van der Waals surface area contributed by atoms with Gasteiger partial charge in [-0.1, -0.05) is 0 Å². The van der Waals surface area contributed by atoms with Crippen LogP contribution in [-0.2, 0) is 4.74 Å². The van der Waals surface area contributed by atoms with Crippen molar-refractivity contribution in [2.75, 3.05) is 37.8 Å². The van der Waals surface area contributed by atoms with Gasteiger partial charge in [0, 0.05) is 24.0 Å². The van der Waals surface area contributed by atoms with Crippen molar-refractivity contribution in [2.24, 2.45) is 0 Å². The number of rotatable bonds is 4. The van der Waals surface area contributed by atoms with Gasteiger partial charge in [-0.3, -0.25) is 0 Å². The van der Waals surface area contributed by atoms with E-state index in [9.17, 15) is 4.79 Å². The molecule has 0 bridgehead atoms. The van der Waals surface area contributed by atoms with Crippen molar-refractivity contribution in [1.82, 2.24) is 4.90 Å². The van der Waals surface area contributed by atoms with E-state index in [1.54, 1.807) is 19.1 Å². The van der Waals surface area contributed by atoms with Gasteiger partial charge in [0.15, 0.2) is 0 Å². The van der Waals surface area contributed by atoms with Crippen molar-refractivity contribution in [3.05, 3.63) is 23.8 Å². The Morgan fingerprint density at radius 2 is 2.35 bits per heavy atom. The summed E-state index contributed by atoms with van der Waals surface area (Å²) in [6.45, 7) is 4.30. The summed E-state index contributed by atoms with van der Waals surface area (Å²) >= 11 is 0. The fourth-order valence-corrected chi connectivity index (χ4v) is 2.55. The van der Waals surface area contributed by atoms with Crippen LogP contribution in [0.2, 0.25) is 0 Å². The number of nitrogen functional groups attached to an aromatic ring is 1. The number of likely N-dealkylation sites (tertiary alicyclic amines) is 1. The van der Waals surface area contributed by atoms with Crippen molar-refractivity contribution in [2.45, 2.75) is 25.8 Å². The Morgan fingerprint density at radius 1 is 1.55 bits per heavy atom. The lowest BCUT2D eigenvalue weighted by molar-refractivity contribution is 0.0527. The van der Waals surface area contributed by atoms with Crippen LogP contribution in [0.15, 0.2) is 18.2 Å². The second-order valence-electron chi connectivity index (χ2n) is 5.27. The minimum atomic E-state index is -0.366. The van der Waals surface area contributed by atoms with Gasteiger partial charge < -0.3 is 20.7 Å². The van der Waals surface area contributed by atoms with Crippen LogP contribution in [0.1, 0.15) is 30.1 Å². The summed E-state index contributed by atoms with van der Waals surface area (Å²) in [7, 11) is 2.13. The summed E-state index contributed by atoms with van der Waals surface area (Å²) in [5.41, 5.74) is 7.64. The fraction of sp³-hybridized carbons (Fsp3) is 0.533. The summed E-state index contributed by atoms with van der Waals surface area (Å²) in [6, 6.07) is 5.85. The molecule has 110 valence electrons. The number of piperidine rings is 1. The molecular formula is C15H23N3O2. The maximum absolute atomic E-state index is 11.8. The average molecular weight is 277 g/mol. The second kappa shape index (κ2) is 6.61. The molecule has 1 atom stereocenters. The van der Waals surface area contributed by atoms with Crippen LogP contribution in [0.5, 0.6) is 0 Å². The Labute approximate surface area is 120 Å². The van der Waals surface area contributed by atoms with E-state index in [-0.39, 0.29) is 5.97 Å². The highest BCUT2D eigenvalue weighted by Crippen LogP contribution is 2.21. The minimum Gasteiger partial charge on any atom is -0.462 e. The molecule has 0 amide bonds. The molecule has 0 spiro atoms. The zero-order chi connectivity index (χ0) is 14.5. The summed E-state index contributed by atoms with van der Waals surface area (Å²) in [5.74, 6) is -0.366. The Kier molecular flexibility index (Phi) is 4.84. The molecule has 1 aliphatic heterocycles. The molecule has 0 saturated carbocycles. The van der Waals surface area contributed by atoms with E-state index in [0.717, 1.165) is 25.2 Å². The van der Waals surface area contributed by atoms with Crippen LogP contribution in [0.3, 0.4) is 0 Å². The molecule has 0 radical (unpaired) electrons. The molecule has 3 N–H and O–H groups in total. The van der Waals surface area contributed by atoms with Crippen molar-refractivity contribution < 1.29 is 9.53 Å². The average Bonchev–Trinajstić information content (AvgIpc) is 2.41. The zero-order valence-electron chi connectivity index (χ0n) is 12.2. The molecule has 1 fully saturated rings. The summed E-state index contributed by atoms with van der Waals surface area (Å²) in [6.07, 6.45) is 2.33. The summed E-state index contributed by atoms with van der Waals surface area (Å²) in [4.78, 5) is 14.1. The highest BCUT2D eigenvalue weighted by atomic mass is 16.5. The van der Waals surface area contributed by atoms with E-state index in [1.807, 2.05) is 6.07 Å². The quantitative estimate of drug-likeness (QED) is 0.650. The van der Waals surface area contributed by atoms with Crippen LogP contribution in [0.25, 0.3) is 0 Å². The third kappa shape index (κ3) is 3.63. The first kappa shape index (κ1) is 14.7. The van der Waals surface area contributed by atoms with Crippen LogP contribution in [0.4, 0.5) is 11.4 Å². The highest BCUT2D eigenvalue weighted by molar-refractivity contribution is 5.96. The van der Waals surface area contributed by atoms with Crippen LogP contribution in [-0.4, -0.2) is 43.7 Å². The van der Waals surface area contributed by atoms with Crippen molar-refractivity contribution >= 4 is 17.3 Å². The predicted octanol–water partition coefficient (Wildman–Crippen LogP) is 1.95. The van der Waals surface area contributed by atoms with Crippen LogP contribution in [0, 0.1) is 0 Å². The maximum atomic E-state index is 11.8. The maximum Gasteiger partial charge on any atom is 0.340 e. The molecule has 1 aliphatic rings. The van der Waals surface area contributed by atoms with E-state index < -0.39 is 0 Å². The topological polar surface area (TPSA) is 67.6 Å². The molecule has 5 heteroatoms. The number of carbonyl (C=O) groups is 1. The van der Waals surface area contributed by atoms with Gasteiger partial charge in [0.25, 0.3) is 0 Å². The van der Waals surface area contributed by atoms with Crippen LogP contribution < -0.4 is 11.1 Å². The second-order valence-corrected chi connectivity index (χ2v) is 5.27. The monoisotopic (exact) mass is 277 g/mol. The van der Waals surface area contributed by atoms with Gasteiger partial charge >= 0.3 is 5.97 Å². The molecule has 1 aromatic rings. The van der Waals surface area contributed by atoms with Gasteiger partial charge in [0.05, 0.1) is 12.2 Å². The van der Waals surface area contributed by atoms with Gasteiger partial charge in [-0.15, -0.1) is 0 Å². The van der Waals surface area contributed by atoms with Crippen molar-refractivity contribution in [3.63, 3.8) is 0 Å². The number of benzene rings is 1.